The number of ether oxygens (including phenoxy) is 1. The van der Waals surface area contributed by atoms with E-state index in [9.17, 15) is 13.2 Å². The van der Waals surface area contributed by atoms with Crippen LogP contribution in [0.3, 0.4) is 0 Å². The summed E-state index contributed by atoms with van der Waals surface area (Å²) < 4.78 is 27.8. The van der Waals surface area contributed by atoms with Crippen molar-refractivity contribution in [1.82, 2.24) is 0 Å². The third kappa shape index (κ3) is 3.84. The fourth-order valence-electron chi connectivity index (χ4n) is 2.05. The van der Waals surface area contributed by atoms with Crippen molar-refractivity contribution in [2.45, 2.75) is 36.7 Å². The Hall–Kier alpha value is -0.780. The topological polar surface area (TPSA) is 60.4 Å². The van der Waals surface area contributed by atoms with Crippen LogP contribution < -0.4 is 0 Å². The molecular weight excluding hydrogens is 311 g/mol. The lowest BCUT2D eigenvalue weighted by molar-refractivity contribution is 0.0317. The highest BCUT2D eigenvalue weighted by Gasteiger charge is 2.22. The lowest BCUT2D eigenvalue weighted by atomic mass is 10.2. The molecule has 1 aromatic carbocycles. The van der Waals surface area contributed by atoms with Crippen LogP contribution in [0, 0.1) is 0 Å². The maximum Gasteiger partial charge on any atom is 0.338 e. The molecule has 4 nitrogen and oxygen atoms in total. The van der Waals surface area contributed by atoms with E-state index in [4.69, 9.17) is 27.0 Å². The first-order valence-corrected chi connectivity index (χ1v) is 8.51. The fourth-order valence-corrected chi connectivity index (χ4v) is 3.15. The van der Waals surface area contributed by atoms with Gasteiger partial charge in [-0.1, -0.05) is 11.6 Å². The molecule has 19 heavy (non-hydrogen) atoms. The minimum Gasteiger partial charge on any atom is -0.459 e. The van der Waals surface area contributed by atoms with Gasteiger partial charge in [0, 0.05) is 15.7 Å². The van der Waals surface area contributed by atoms with Crippen molar-refractivity contribution >= 4 is 37.3 Å². The first-order chi connectivity index (χ1) is 8.86. The second kappa shape index (κ2) is 5.69. The Morgan fingerprint density at radius 2 is 1.84 bits per heavy atom. The van der Waals surface area contributed by atoms with Crippen molar-refractivity contribution in [2.75, 3.05) is 0 Å². The van der Waals surface area contributed by atoms with Crippen LogP contribution in [0.2, 0.25) is 5.02 Å². The third-order valence-corrected chi connectivity index (χ3v) is 4.52. The number of rotatable bonds is 3. The molecule has 1 aliphatic carbocycles. The second-order valence-corrected chi connectivity index (χ2v) is 7.43. The minimum atomic E-state index is -3.93. The zero-order chi connectivity index (χ0) is 14.0. The molecule has 0 atom stereocenters. The molecule has 0 unspecified atom stereocenters. The van der Waals surface area contributed by atoms with Crippen LogP contribution in [0.4, 0.5) is 0 Å². The molecular formula is C12H12Cl2O4S. The molecule has 7 heteroatoms. The number of hydrogen-bond donors (Lipinski definition) is 0. The molecule has 0 aromatic heterocycles. The monoisotopic (exact) mass is 322 g/mol. The third-order valence-electron chi connectivity index (χ3n) is 2.96. The molecule has 0 bridgehead atoms. The molecule has 0 saturated heterocycles. The number of benzene rings is 1. The van der Waals surface area contributed by atoms with E-state index in [2.05, 4.69) is 0 Å². The largest absolute Gasteiger partial charge is 0.459 e. The number of carbonyl (C=O) groups excluding carboxylic acids is 1. The van der Waals surface area contributed by atoms with Gasteiger partial charge in [0.1, 0.15) is 6.10 Å². The Morgan fingerprint density at radius 1 is 1.21 bits per heavy atom. The normalized spacial score (nSPS) is 16.5. The summed E-state index contributed by atoms with van der Waals surface area (Å²) in [5.74, 6) is -0.573. The summed E-state index contributed by atoms with van der Waals surface area (Å²) >= 11 is 5.79. The molecule has 0 aliphatic heterocycles. The Labute approximate surface area is 121 Å². The van der Waals surface area contributed by atoms with Gasteiger partial charge >= 0.3 is 5.97 Å². The van der Waals surface area contributed by atoms with Crippen LogP contribution in [-0.2, 0) is 13.8 Å². The van der Waals surface area contributed by atoms with E-state index in [-0.39, 0.29) is 21.6 Å². The van der Waals surface area contributed by atoms with E-state index in [1.807, 2.05) is 0 Å². The lowest BCUT2D eigenvalue weighted by Crippen LogP contribution is -2.15. The smallest absolute Gasteiger partial charge is 0.338 e. The van der Waals surface area contributed by atoms with Crippen LogP contribution in [0.15, 0.2) is 23.1 Å². The Bertz CT molecular complexity index is 592. The maximum absolute atomic E-state index is 11.9. The summed E-state index contributed by atoms with van der Waals surface area (Å²) in [6.45, 7) is 0. The second-order valence-electron chi connectivity index (χ2n) is 4.43. The van der Waals surface area contributed by atoms with E-state index in [1.54, 1.807) is 0 Å². The summed E-state index contributed by atoms with van der Waals surface area (Å²) in [6, 6.07) is 3.73. The van der Waals surface area contributed by atoms with Gasteiger partial charge < -0.3 is 4.74 Å². The number of halogens is 2. The van der Waals surface area contributed by atoms with Gasteiger partial charge in [-0.2, -0.15) is 0 Å². The molecule has 2 rings (SSSR count). The maximum atomic E-state index is 11.9. The Morgan fingerprint density at radius 3 is 2.42 bits per heavy atom. The standard InChI is InChI=1S/C12H12Cl2O4S/c13-9-5-8(6-11(7-9)19(14,16)17)12(15)18-10-3-1-2-4-10/h5-7,10H,1-4H2. The van der Waals surface area contributed by atoms with E-state index < -0.39 is 15.0 Å². The van der Waals surface area contributed by atoms with E-state index in [0.29, 0.717) is 0 Å². The predicted octanol–water partition coefficient (Wildman–Crippen LogP) is 3.37. The van der Waals surface area contributed by atoms with Gasteiger partial charge in [0.05, 0.1) is 10.5 Å². The minimum absolute atomic E-state index is 0.0949. The molecule has 1 saturated carbocycles. The van der Waals surface area contributed by atoms with Gasteiger partial charge in [0.25, 0.3) is 9.05 Å². The number of hydrogen-bond acceptors (Lipinski definition) is 4. The molecule has 1 aromatic rings. The average Bonchev–Trinajstić information content (AvgIpc) is 2.79. The first kappa shape index (κ1) is 14.6. The summed E-state index contributed by atoms with van der Waals surface area (Å²) in [6.07, 6.45) is 3.66. The van der Waals surface area contributed by atoms with E-state index >= 15 is 0 Å². The summed E-state index contributed by atoms with van der Waals surface area (Å²) in [5, 5.41) is 0.125. The van der Waals surface area contributed by atoms with Crippen molar-refractivity contribution in [1.29, 1.82) is 0 Å². The van der Waals surface area contributed by atoms with Crippen LogP contribution in [-0.4, -0.2) is 20.5 Å². The zero-order valence-electron chi connectivity index (χ0n) is 9.93. The molecule has 0 heterocycles. The molecule has 0 N–H and O–H groups in total. The van der Waals surface area contributed by atoms with Crippen LogP contribution in [0.25, 0.3) is 0 Å². The van der Waals surface area contributed by atoms with Gasteiger partial charge in [-0.25, -0.2) is 13.2 Å². The number of esters is 1. The van der Waals surface area contributed by atoms with Crippen LogP contribution >= 0.6 is 22.3 Å². The van der Waals surface area contributed by atoms with Crippen molar-refractivity contribution in [2.24, 2.45) is 0 Å². The van der Waals surface area contributed by atoms with Crippen LogP contribution in [0.1, 0.15) is 36.0 Å². The first-order valence-electron chi connectivity index (χ1n) is 5.82. The fraction of sp³-hybridized carbons (Fsp3) is 0.417. The number of carbonyl (C=O) groups is 1. The van der Waals surface area contributed by atoms with Gasteiger partial charge in [-0.05, 0) is 43.9 Å². The van der Waals surface area contributed by atoms with Crippen LogP contribution in [0.5, 0.6) is 0 Å². The van der Waals surface area contributed by atoms with Crippen molar-refractivity contribution < 1.29 is 17.9 Å². The Kier molecular flexibility index (Phi) is 4.38. The predicted molar refractivity (Wildman–Crippen MR) is 72.2 cm³/mol. The molecule has 1 aliphatic rings. The summed E-state index contributed by atoms with van der Waals surface area (Å²) in [4.78, 5) is 11.7. The Balaban J connectivity index is 2.24. The molecule has 0 amide bonds. The van der Waals surface area contributed by atoms with Crippen molar-refractivity contribution in [3.8, 4) is 0 Å². The van der Waals surface area contributed by atoms with E-state index in [1.165, 1.54) is 18.2 Å². The lowest BCUT2D eigenvalue weighted by Gasteiger charge is -2.11. The average molecular weight is 323 g/mol. The van der Waals surface area contributed by atoms with Gasteiger partial charge in [-0.15, -0.1) is 0 Å². The quantitative estimate of drug-likeness (QED) is 0.632. The van der Waals surface area contributed by atoms with Gasteiger partial charge in [0.15, 0.2) is 0 Å². The van der Waals surface area contributed by atoms with Crippen molar-refractivity contribution in [3.63, 3.8) is 0 Å². The van der Waals surface area contributed by atoms with Gasteiger partial charge in [0.2, 0.25) is 0 Å². The molecule has 0 spiro atoms. The highest BCUT2D eigenvalue weighted by atomic mass is 35.7. The summed E-state index contributed by atoms with van der Waals surface area (Å²) in [5.41, 5.74) is 0.0959. The highest BCUT2D eigenvalue weighted by Crippen LogP contribution is 2.25. The summed E-state index contributed by atoms with van der Waals surface area (Å²) in [7, 11) is 1.31. The SMILES string of the molecule is O=C(OC1CCCC1)c1cc(Cl)cc(S(=O)(=O)Cl)c1. The zero-order valence-corrected chi connectivity index (χ0v) is 12.3. The highest BCUT2D eigenvalue weighted by molar-refractivity contribution is 8.13. The molecule has 1 fully saturated rings. The van der Waals surface area contributed by atoms with Crippen molar-refractivity contribution in [3.05, 3.63) is 28.8 Å². The van der Waals surface area contributed by atoms with Gasteiger partial charge in [-0.3, -0.25) is 0 Å². The van der Waals surface area contributed by atoms with E-state index in [0.717, 1.165) is 25.7 Å². The molecule has 104 valence electrons. The molecule has 0 radical (unpaired) electrons.